The molecule has 0 spiro atoms. The second-order valence-corrected chi connectivity index (χ2v) is 9.96. The largest absolute Gasteiger partial charge is 0.487 e. The highest BCUT2D eigenvalue weighted by atomic mass is 19.4. The van der Waals surface area contributed by atoms with E-state index in [1.165, 1.54) is 29.8 Å². The molecule has 0 aliphatic carbocycles. The third kappa shape index (κ3) is 5.75. The molecule has 0 atom stereocenters. The fraction of sp³-hybridized carbons (Fsp3) is 0.357. The monoisotopic (exact) mass is 530 g/mol. The van der Waals surface area contributed by atoms with Gasteiger partial charge in [0.1, 0.15) is 5.75 Å². The lowest BCUT2D eigenvalue weighted by Crippen LogP contribution is -2.62. The average Bonchev–Trinajstić information content (AvgIpc) is 2.82. The number of ether oxygens (including phenoxy) is 1. The van der Waals surface area contributed by atoms with Gasteiger partial charge in [0.15, 0.2) is 6.61 Å². The van der Waals surface area contributed by atoms with Crippen LogP contribution in [-0.4, -0.2) is 30.3 Å². The van der Waals surface area contributed by atoms with Crippen molar-refractivity contribution in [2.45, 2.75) is 56.8 Å². The van der Waals surface area contributed by atoms with Gasteiger partial charge in [-0.3, -0.25) is 0 Å². The number of halogens is 8. The molecule has 1 nitrogen and oxygen atoms in total. The quantitative estimate of drug-likeness (QED) is 0.264. The lowest BCUT2D eigenvalue weighted by atomic mass is 9.86. The lowest BCUT2D eigenvalue weighted by molar-refractivity contribution is -0.365. The zero-order valence-electron chi connectivity index (χ0n) is 20.6. The van der Waals surface area contributed by atoms with Crippen LogP contribution in [0.2, 0.25) is 0 Å². The number of hydrogen-bond acceptors (Lipinski definition) is 1. The van der Waals surface area contributed by atoms with E-state index in [-0.39, 0.29) is 11.2 Å². The van der Waals surface area contributed by atoms with Crippen LogP contribution in [0.15, 0.2) is 72.8 Å². The van der Waals surface area contributed by atoms with Gasteiger partial charge in [0.25, 0.3) is 0 Å². The summed E-state index contributed by atoms with van der Waals surface area (Å²) >= 11 is 0. The molecule has 3 rings (SSSR count). The van der Waals surface area contributed by atoms with Gasteiger partial charge >= 0.3 is 23.7 Å². The molecule has 0 aromatic heterocycles. The van der Waals surface area contributed by atoms with Crippen LogP contribution in [0.5, 0.6) is 5.75 Å². The maximum absolute atomic E-state index is 13.8. The molecule has 0 saturated heterocycles. The molecule has 0 unspecified atom stereocenters. The molecular formula is C28H26F8O. The molecular weight excluding hydrogens is 504 g/mol. The van der Waals surface area contributed by atoms with Crippen LogP contribution in [0.25, 0.3) is 22.3 Å². The van der Waals surface area contributed by atoms with Gasteiger partial charge in [-0.25, -0.2) is 0 Å². The van der Waals surface area contributed by atoms with Crippen LogP contribution < -0.4 is 4.74 Å². The van der Waals surface area contributed by atoms with Gasteiger partial charge in [0.05, 0.1) is 0 Å². The Kier molecular flexibility index (Phi) is 7.43. The molecule has 37 heavy (non-hydrogen) atoms. The first-order valence-corrected chi connectivity index (χ1v) is 11.3. The van der Waals surface area contributed by atoms with E-state index >= 15 is 0 Å². The summed E-state index contributed by atoms with van der Waals surface area (Å²) < 4.78 is 112. The molecule has 0 aliphatic heterocycles. The first-order valence-electron chi connectivity index (χ1n) is 11.3. The highest BCUT2D eigenvalue weighted by Crippen LogP contribution is 2.52. The molecule has 0 amide bonds. The molecule has 0 saturated carbocycles. The first kappa shape index (κ1) is 28.5. The Labute approximate surface area is 210 Å². The third-order valence-corrected chi connectivity index (χ3v) is 5.98. The second-order valence-electron chi connectivity index (χ2n) is 9.96. The predicted molar refractivity (Wildman–Crippen MR) is 127 cm³/mol. The molecule has 0 fully saturated rings. The van der Waals surface area contributed by atoms with Crippen LogP contribution in [0.4, 0.5) is 35.1 Å². The van der Waals surface area contributed by atoms with Gasteiger partial charge in [-0.15, -0.1) is 0 Å². The van der Waals surface area contributed by atoms with Crippen molar-refractivity contribution in [1.82, 2.24) is 0 Å². The number of alkyl halides is 8. The summed E-state index contributed by atoms with van der Waals surface area (Å²) in [6.45, 7) is 3.61. The molecule has 9 heteroatoms. The van der Waals surface area contributed by atoms with Gasteiger partial charge in [0, 0.05) is 6.92 Å². The standard InChI is InChI=1S/C28H26F8O/c1-24(2,3)22-13-9-20(10-14-22)18-5-7-19(8-6-18)21-11-15-23(16-12-21)37-17-26(31,32)28(35,36)27(33,34)25(4,29)30/h5-16H,17H2,1-4H3. The Morgan fingerprint density at radius 1 is 0.514 bits per heavy atom. The van der Waals surface area contributed by atoms with E-state index < -0.39 is 37.2 Å². The summed E-state index contributed by atoms with van der Waals surface area (Å²) in [4.78, 5) is 0. The summed E-state index contributed by atoms with van der Waals surface area (Å²) in [5.74, 6) is -23.9. The number of benzene rings is 3. The molecule has 3 aromatic rings. The average molecular weight is 530 g/mol. The van der Waals surface area contributed by atoms with E-state index in [0.29, 0.717) is 5.56 Å². The van der Waals surface area contributed by atoms with Crippen molar-refractivity contribution in [3.63, 3.8) is 0 Å². The summed E-state index contributed by atoms with van der Waals surface area (Å²) in [6.07, 6.45) is 0. The van der Waals surface area contributed by atoms with Crippen LogP contribution in [-0.2, 0) is 5.41 Å². The van der Waals surface area contributed by atoms with Crippen molar-refractivity contribution in [3.05, 3.63) is 78.4 Å². The van der Waals surface area contributed by atoms with Gasteiger partial charge in [-0.05, 0) is 45.4 Å². The van der Waals surface area contributed by atoms with Crippen molar-refractivity contribution in [2.75, 3.05) is 6.61 Å². The smallest absolute Gasteiger partial charge is 0.381 e. The zero-order valence-corrected chi connectivity index (χ0v) is 20.6. The van der Waals surface area contributed by atoms with Crippen LogP contribution in [0, 0.1) is 0 Å². The van der Waals surface area contributed by atoms with Gasteiger partial charge in [0.2, 0.25) is 0 Å². The van der Waals surface area contributed by atoms with Crippen molar-refractivity contribution < 1.29 is 39.9 Å². The Balaban J connectivity index is 1.69. The van der Waals surface area contributed by atoms with Crippen molar-refractivity contribution in [1.29, 1.82) is 0 Å². The topological polar surface area (TPSA) is 9.23 Å². The molecule has 0 heterocycles. The number of hydrogen-bond donors (Lipinski definition) is 0. The van der Waals surface area contributed by atoms with E-state index in [0.717, 1.165) is 16.7 Å². The van der Waals surface area contributed by atoms with Crippen LogP contribution in [0.3, 0.4) is 0 Å². The first-order chi connectivity index (χ1) is 16.9. The van der Waals surface area contributed by atoms with E-state index in [1.54, 1.807) is 0 Å². The third-order valence-electron chi connectivity index (χ3n) is 5.98. The zero-order chi connectivity index (χ0) is 27.9. The fourth-order valence-electron chi connectivity index (χ4n) is 3.53. The molecule has 200 valence electrons. The fourth-order valence-corrected chi connectivity index (χ4v) is 3.53. The summed E-state index contributed by atoms with van der Waals surface area (Å²) in [6, 6.07) is 21.0. The highest BCUT2D eigenvalue weighted by molar-refractivity contribution is 5.70. The SMILES string of the molecule is CC(C)(C)c1ccc(-c2ccc(-c3ccc(OCC(F)(F)C(F)(F)C(F)(F)C(C)(F)F)cc3)cc2)cc1. The minimum Gasteiger partial charge on any atom is -0.487 e. The molecule has 0 bridgehead atoms. The van der Waals surface area contributed by atoms with Crippen molar-refractivity contribution >= 4 is 0 Å². The van der Waals surface area contributed by atoms with E-state index in [4.69, 9.17) is 0 Å². The summed E-state index contributed by atoms with van der Waals surface area (Å²) in [7, 11) is 0. The van der Waals surface area contributed by atoms with Gasteiger partial charge in [-0.1, -0.05) is 81.4 Å². The van der Waals surface area contributed by atoms with E-state index in [9.17, 15) is 35.1 Å². The van der Waals surface area contributed by atoms with Crippen molar-refractivity contribution in [2.24, 2.45) is 0 Å². The summed E-state index contributed by atoms with van der Waals surface area (Å²) in [5, 5.41) is 0. The van der Waals surface area contributed by atoms with Crippen LogP contribution in [0.1, 0.15) is 33.3 Å². The predicted octanol–water partition coefficient (Wildman–Crippen LogP) is 9.26. The van der Waals surface area contributed by atoms with Crippen molar-refractivity contribution in [3.8, 4) is 28.0 Å². The second kappa shape index (κ2) is 9.65. The summed E-state index contributed by atoms with van der Waals surface area (Å²) in [5.41, 5.74) is 4.65. The lowest BCUT2D eigenvalue weighted by Gasteiger charge is -2.35. The highest BCUT2D eigenvalue weighted by Gasteiger charge is 2.79. The molecule has 0 aliphatic rings. The maximum atomic E-state index is 13.8. The van der Waals surface area contributed by atoms with Crippen LogP contribution >= 0.6 is 0 Å². The minimum atomic E-state index is -6.34. The van der Waals surface area contributed by atoms with Gasteiger partial charge in [-0.2, -0.15) is 35.1 Å². The van der Waals surface area contributed by atoms with E-state index in [2.05, 4.69) is 37.6 Å². The number of rotatable bonds is 8. The Morgan fingerprint density at radius 2 is 0.865 bits per heavy atom. The molecule has 0 N–H and O–H groups in total. The maximum Gasteiger partial charge on any atom is 0.381 e. The minimum absolute atomic E-state index is 0.0320. The van der Waals surface area contributed by atoms with Gasteiger partial charge < -0.3 is 4.74 Å². The molecule has 0 radical (unpaired) electrons. The molecule has 3 aromatic carbocycles. The normalized spacial score (nSPS) is 13.5. The Hall–Kier alpha value is -3.10. The Morgan fingerprint density at radius 3 is 1.22 bits per heavy atom. The Bertz CT molecular complexity index is 1190. The van der Waals surface area contributed by atoms with E-state index in [1.807, 2.05) is 36.4 Å².